The molecule has 0 N–H and O–H groups in total. The van der Waals surface area contributed by atoms with E-state index in [9.17, 15) is 4.79 Å². The van der Waals surface area contributed by atoms with Crippen LogP contribution < -0.4 is 0 Å². The lowest BCUT2D eigenvalue weighted by Crippen LogP contribution is -2.06. The van der Waals surface area contributed by atoms with Crippen molar-refractivity contribution in [3.05, 3.63) is 35.4 Å². The normalized spacial score (nSPS) is 15.9. The van der Waals surface area contributed by atoms with Gasteiger partial charge in [-0.3, -0.25) is 4.79 Å². The maximum Gasteiger partial charge on any atom is 0.165 e. The number of carbonyl (C=O) groups is 1. The fourth-order valence-corrected chi connectivity index (χ4v) is 1.67. The average Bonchev–Trinajstić information content (AvgIpc) is 3.00. The third-order valence-corrected chi connectivity index (χ3v) is 2.77. The standard InChI is InChI=1S/C13H16O/c1-9(2)13(14)12-7-5-11(6-8-12)10-3-4-10/h5-10H,3-4H2,1-2H3. The highest BCUT2D eigenvalue weighted by molar-refractivity contribution is 5.97. The van der Waals surface area contributed by atoms with Gasteiger partial charge in [0.1, 0.15) is 0 Å². The Kier molecular flexibility index (Phi) is 2.40. The molecule has 0 bridgehead atoms. The minimum Gasteiger partial charge on any atom is -0.294 e. The molecule has 0 amide bonds. The number of hydrogen-bond donors (Lipinski definition) is 0. The van der Waals surface area contributed by atoms with Gasteiger partial charge in [-0.15, -0.1) is 0 Å². The van der Waals surface area contributed by atoms with Crippen molar-refractivity contribution >= 4 is 5.78 Å². The van der Waals surface area contributed by atoms with Crippen LogP contribution in [0.2, 0.25) is 0 Å². The predicted octanol–water partition coefficient (Wildman–Crippen LogP) is 3.40. The summed E-state index contributed by atoms with van der Waals surface area (Å²) >= 11 is 0. The molecule has 1 saturated carbocycles. The fraction of sp³-hybridized carbons (Fsp3) is 0.462. The van der Waals surface area contributed by atoms with Crippen LogP contribution in [0.5, 0.6) is 0 Å². The van der Waals surface area contributed by atoms with E-state index in [0.717, 1.165) is 11.5 Å². The van der Waals surface area contributed by atoms with E-state index in [0.29, 0.717) is 0 Å². The van der Waals surface area contributed by atoms with Crippen molar-refractivity contribution in [2.45, 2.75) is 32.6 Å². The van der Waals surface area contributed by atoms with Gasteiger partial charge < -0.3 is 0 Å². The highest BCUT2D eigenvalue weighted by Gasteiger charge is 2.23. The lowest BCUT2D eigenvalue weighted by Gasteiger charge is -2.04. The summed E-state index contributed by atoms with van der Waals surface area (Å²) in [6.45, 7) is 3.88. The zero-order valence-corrected chi connectivity index (χ0v) is 8.79. The Hall–Kier alpha value is -1.11. The largest absolute Gasteiger partial charge is 0.294 e. The van der Waals surface area contributed by atoms with Crippen LogP contribution in [0.3, 0.4) is 0 Å². The first-order chi connectivity index (χ1) is 6.68. The van der Waals surface area contributed by atoms with Gasteiger partial charge in [0.2, 0.25) is 0 Å². The first kappa shape index (κ1) is 9.45. The number of Topliss-reactive ketones (excluding diaryl/α,β-unsaturated/α-hetero) is 1. The molecule has 1 heteroatoms. The highest BCUT2D eigenvalue weighted by Crippen LogP contribution is 2.39. The van der Waals surface area contributed by atoms with Crippen molar-refractivity contribution in [2.24, 2.45) is 5.92 Å². The van der Waals surface area contributed by atoms with Gasteiger partial charge in [0.25, 0.3) is 0 Å². The van der Waals surface area contributed by atoms with Gasteiger partial charge in [0, 0.05) is 11.5 Å². The molecule has 74 valence electrons. The molecule has 1 aromatic rings. The van der Waals surface area contributed by atoms with E-state index < -0.39 is 0 Å². The summed E-state index contributed by atoms with van der Waals surface area (Å²) in [6.07, 6.45) is 2.63. The van der Waals surface area contributed by atoms with E-state index in [-0.39, 0.29) is 11.7 Å². The van der Waals surface area contributed by atoms with Crippen molar-refractivity contribution in [1.29, 1.82) is 0 Å². The molecular formula is C13H16O. The molecule has 0 atom stereocenters. The number of rotatable bonds is 3. The van der Waals surface area contributed by atoms with Crippen LogP contribution in [-0.2, 0) is 0 Å². The Bertz CT molecular complexity index is 331. The van der Waals surface area contributed by atoms with E-state index in [1.807, 2.05) is 26.0 Å². The summed E-state index contributed by atoms with van der Waals surface area (Å²) < 4.78 is 0. The molecule has 0 heterocycles. The third-order valence-electron chi connectivity index (χ3n) is 2.77. The van der Waals surface area contributed by atoms with Crippen LogP contribution >= 0.6 is 0 Å². The van der Waals surface area contributed by atoms with Gasteiger partial charge in [-0.25, -0.2) is 0 Å². The smallest absolute Gasteiger partial charge is 0.165 e. The summed E-state index contributed by atoms with van der Waals surface area (Å²) in [5, 5.41) is 0. The molecule has 1 aliphatic rings. The van der Waals surface area contributed by atoms with Gasteiger partial charge in [-0.05, 0) is 24.3 Å². The predicted molar refractivity (Wildman–Crippen MR) is 57.6 cm³/mol. The van der Waals surface area contributed by atoms with Gasteiger partial charge >= 0.3 is 0 Å². The van der Waals surface area contributed by atoms with Crippen LogP contribution in [-0.4, -0.2) is 5.78 Å². The summed E-state index contributed by atoms with van der Waals surface area (Å²) in [5.74, 6) is 1.12. The molecule has 0 aromatic heterocycles. The molecule has 0 unspecified atom stereocenters. The van der Waals surface area contributed by atoms with Crippen molar-refractivity contribution < 1.29 is 4.79 Å². The molecular weight excluding hydrogens is 172 g/mol. The van der Waals surface area contributed by atoms with E-state index in [2.05, 4.69) is 12.1 Å². The summed E-state index contributed by atoms with van der Waals surface area (Å²) in [6, 6.07) is 8.15. The van der Waals surface area contributed by atoms with Crippen LogP contribution in [0.25, 0.3) is 0 Å². The number of ketones is 1. The molecule has 1 fully saturated rings. The van der Waals surface area contributed by atoms with Crippen LogP contribution in [0, 0.1) is 5.92 Å². The van der Waals surface area contributed by atoms with Crippen molar-refractivity contribution in [1.82, 2.24) is 0 Å². The van der Waals surface area contributed by atoms with Crippen molar-refractivity contribution in [3.8, 4) is 0 Å². The maximum absolute atomic E-state index is 11.6. The molecule has 0 saturated heterocycles. The summed E-state index contributed by atoms with van der Waals surface area (Å²) in [5.41, 5.74) is 2.25. The first-order valence-electron chi connectivity index (χ1n) is 5.32. The summed E-state index contributed by atoms with van der Waals surface area (Å²) in [4.78, 5) is 11.6. The van der Waals surface area contributed by atoms with E-state index >= 15 is 0 Å². The third kappa shape index (κ3) is 1.87. The van der Waals surface area contributed by atoms with Crippen LogP contribution in [0.15, 0.2) is 24.3 Å². The number of carbonyl (C=O) groups excluding carboxylic acids is 1. The molecule has 14 heavy (non-hydrogen) atoms. The second-order valence-corrected chi connectivity index (χ2v) is 4.42. The molecule has 1 nitrogen and oxygen atoms in total. The first-order valence-corrected chi connectivity index (χ1v) is 5.32. The Labute approximate surface area is 85.1 Å². The van der Waals surface area contributed by atoms with Crippen molar-refractivity contribution in [3.63, 3.8) is 0 Å². The fourth-order valence-electron chi connectivity index (χ4n) is 1.67. The quantitative estimate of drug-likeness (QED) is 0.664. The van der Waals surface area contributed by atoms with E-state index in [4.69, 9.17) is 0 Å². The Morgan fingerprint density at radius 2 is 1.79 bits per heavy atom. The molecule has 0 spiro atoms. The van der Waals surface area contributed by atoms with Crippen LogP contribution in [0.4, 0.5) is 0 Å². The van der Waals surface area contributed by atoms with Gasteiger partial charge in [0.15, 0.2) is 5.78 Å². The highest BCUT2D eigenvalue weighted by atomic mass is 16.1. The van der Waals surface area contributed by atoms with Crippen molar-refractivity contribution in [2.75, 3.05) is 0 Å². The topological polar surface area (TPSA) is 17.1 Å². The van der Waals surface area contributed by atoms with Gasteiger partial charge in [0.05, 0.1) is 0 Å². The Balaban J connectivity index is 2.16. The average molecular weight is 188 g/mol. The van der Waals surface area contributed by atoms with E-state index in [1.165, 1.54) is 18.4 Å². The zero-order valence-electron chi connectivity index (χ0n) is 8.79. The van der Waals surface area contributed by atoms with Gasteiger partial charge in [-0.2, -0.15) is 0 Å². The number of hydrogen-bond acceptors (Lipinski definition) is 1. The Morgan fingerprint density at radius 3 is 2.21 bits per heavy atom. The summed E-state index contributed by atoms with van der Waals surface area (Å²) in [7, 11) is 0. The van der Waals surface area contributed by atoms with E-state index in [1.54, 1.807) is 0 Å². The Morgan fingerprint density at radius 1 is 1.21 bits per heavy atom. The lowest BCUT2D eigenvalue weighted by molar-refractivity contribution is 0.0939. The minimum absolute atomic E-state index is 0.0989. The number of benzene rings is 1. The molecule has 1 aliphatic carbocycles. The lowest BCUT2D eigenvalue weighted by atomic mass is 9.99. The van der Waals surface area contributed by atoms with Gasteiger partial charge in [-0.1, -0.05) is 38.1 Å². The molecule has 0 aliphatic heterocycles. The SMILES string of the molecule is CC(C)C(=O)c1ccc(C2CC2)cc1. The monoisotopic (exact) mass is 188 g/mol. The minimum atomic E-state index is 0.0989. The maximum atomic E-state index is 11.6. The zero-order chi connectivity index (χ0) is 10.1. The van der Waals surface area contributed by atoms with Crippen LogP contribution in [0.1, 0.15) is 48.5 Å². The molecule has 2 rings (SSSR count). The second-order valence-electron chi connectivity index (χ2n) is 4.42. The second kappa shape index (κ2) is 3.56. The molecule has 1 aromatic carbocycles. The molecule has 0 radical (unpaired) electrons.